The molecule has 0 spiro atoms. The Morgan fingerprint density at radius 3 is 2.44 bits per heavy atom. The maximum absolute atomic E-state index is 12.9. The van der Waals surface area contributed by atoms with Gasteiger partial charge in [-0.15, -0.1) is 0 Å². The van der Waals surface area contributed by atoms with E-state index in [1.165, 1.54) is 10.5 Å². The van der Waals surface area contributed by atoms with Crippen molar-refractivity contribution in [3.63, 3.8) is 0 Å². The lowest BCUT2D eigenvalue weighted by molar-refractivity contribution is -0.914. The number of hydrogen-bond donors (Lipinski definition) is 2. The van der Waals surface area contributed by atoms with Crippen LogP contribution in [0.15, 0.2) is 48.8 Å². The van der Waals surface area contributed by atoms with E-state index in [2.05, 4.69) is 39.2 Å². The minimum Gasteiger partial charge on any atom is -0.344 e. The highest BCUT2D eigenvalue weighted by molar-refractivity contribution is 5.80. The zero-order chi connectivity index (χ0) is 19.1. The monoisotopic (exact) mass is 368 g/mol. The predicted molar refractivity (Wildman–Crippen MR) is 107 cm³/mol. The van der Waals surface area contributed by atoms with Gasteiger partial charge in [0.15, 0.2) is 6.04 Å². The molecule has 6 heteroatoms. The lowest BCUT2D eigenvalue weighted by atomic mass is 10.0. The fraction of sp³-hybridized carbons (Fsp3) is 0.476. The van der Waals surface area contributed by atoms with Crippen LogP contribution < -0.4 is 15.1 Å². The number of carbonyl (C=O) groups is 1. The Labute approximate surface area is 161 Å². The van der Waals surface area contributed by atoms with E-state index in [4.69, 9.17) is 0 Å². The van der Waals surface area contributed by atoms with Crippen LogP contribution in [0.2, 0.25) is 0 Å². The molecule has 0 bridgehead atoms. The topological polar surface area (TPSA) is 62.6 Å². The molecule has 3 rings (SSSR count). The highest BCUT2D eigenvalue weighted by atomic mass is 16.2. The van der Waals surface area contributed by atoms with E-state index in [0.29, 0.717) is 0 Å². The number of aromatic nitrogens is 2. The molecule has 1 amide bonds. The lowest BCUT2D eigenvalue weighted by Gasteiger charge is -2.35. The molecule has 27 heavy (non-hydrogen) atoms. The van der Waals surface area contributed by atoms with Gasteiger partial charge >= 0.3 is 0 Å². The van der Waals surface area contributed by atoms with Crippen molar-refractivity contribution in [2.24, 2.45) is 0 Å². The fourth-order valence-electron chi connectivity index (χ4n) is 3.66. The molecule has 144 valence electrons. The van der Waals surface area contributed by atoms with Crippen LogP contribution in [0.4, 0.5) is 5.95 Å². The van der Waals surface area contributed by atoms with Crippen LogP contribution in [-0.2, 0) is 4.79 Å². The molecule has 1 aliphatic heterocycles. The molecule has 2 heterocycles. The molecule has 0 saturated carbocycles. The molecule has 1 aliphatic rings. The van der Waals surface area contributed by atoms with E-state index < -0.39 is 0 Å². The van der Waals surface area contributed by atoms with Gasteiger partial charge in [0.1, 0.15) is 0 Å². The van der Waals surface area contributed by atoms with Crippen LogP contribution in [0, 0.1) is 0 Å². The number of benzene rings is 1. The SMILES string of the molecule is CCC[C@@H](NC(=O)[C@@H](C)[NH+]1CCN(c2ncccn2)CC1)c1ccccc1. The van der Waals surface area contributed by atoms with E-state index in [1.54, 1.807) is 12.4 Å². The number of rotatable bonds is 7. The van der Waals surface area contributed by atoms with Crippen molar-refractivity contribution >= 4 is 11.9 Å². The third kappa shape index (κ3) is 5.04. The van der Waals surface area contributed by atoms with Crippen molar-refractivity contribution in [1.82, 2.24) is 15.3 Å². The number of amides is 1. The van der Waals surface area contributed by atoms with Gasteiger partial charge in [0.05, 0.1) is 32.2 Å². The first-order valence-electron chi connectivity index (χ1n) is 9.91. The number of piperazine rings is 1. The Hall–Kier alpha value is -2.47. The minimum atomic E-state index is -0.0630. The highest BCUT2D eigenvalue weighted by Gasteiger charge is 2.31. The van der Waals surface area contributed by atoms with Gasteiger partial charge in [-0.1, -0.05) is 43.7 Å². The van der Waals surface area contributed by atoms with Gasteiger partial charge in [-0.2, -0.15) is 0 Å². The molecule has 0 aliphatic carbocycles. The van der Waals surface area contributed by atoms with E-state index in [9.17, 15) is 4.79 Å². The number of carbonyl (C=O) groups excluding carboxylic acids is 1. The molecule has 2 aromatic rings. The second kappa shape index (κ2) is 9.46. The first kappa shape index (κ1) is 19.3. The number of nitrogens with zero attached hydrogens (tertiary/aromatic N) is 3. The molecule has 6 nitrogen and oxygen atoms in total. The molecule has 0 radical (unpaired) electrons. The maximum Gasteiger partial charge on any atom is 0.278 e. The van der Waals surface area contributed by atoms with Gasteiger partial charge in [0.25, 0.3) is 5.91 Å². The van der Waals surface area contributed by atoms with E-state index in [-0.39, 0.29) is 18.0 Å². The second-order valence-corrected chi connectivity index (χ2v) is 7.18. The Bertz CT molecular complexity index is 701. The summed E-state index contributed by atoms with van der Waals surface area (Å²) in [5.74, 6) is 0.914. The summed E-state index contributed by atoms with van der Waals surface area (Å²) in [6.45, 7) is 7.75. The first-order chi connectivity index (χ1) is 13.2. The van der Waals surface area contributed by atoms with Crippen LogP contribution in [0.5, 0.6) is 0 Å². The van der Waals surface area contributed by atoms with E-state index >= 15 is 0 Å². The Morgan fingerprint density at radius 2 is 1.81 bits per heavy atom. The van der Waals surface area contributed by atoms with Crippen molar-refractivity contribution in [2.45, 2.75) is 38.8 Å². The molecule has 1 fully saturated rings. The summed E-state index contributed by atoms with van der Waals surface area (Å²) < 4.78 is 0. The number of hydrogen-bond acceptors (Lipinski definition) is 4. The summed E-state index contributed by atoms with van der Waals surface area (Å²) >= 11 is 0. The van der Waals surface area contributed by atoms with Crippen molar-refractivity contribution in [3.05, 3.63) is 54.4 Å². The molecule has 1 saturated heterocycles. The van der Waals surface area contributed by atoms with Gasteiger partial charge in [-0.05, 0) is 25.0 Å². The van der Waals surface area contributed by atoms with E-state index in [1.807, 2.05) is 31.2 Å². The average molecular weight is 369 g/mol. The second-order valence-electron chi connectivity index (χ2n) is 7.18. The Balaban J connectivity index is 1.55. The predicted octanol–water partition coefficient (Wildman–Crippen LogP) is 1.23. The maximum atomic E-state index is 12.9. The smallest absolute Gasteiger partial charge is 0.278 e. The average Bonchev–Trinajstić information content (AvgIpc) is 2.74. The molecular weight excluding hydrogens is 338 g/mol. The molecule has 1 aromatic heterocycles. The fourth-order valence-corrected chi connectivity index (χ4v) is 3.66. The quantitative estimate of drug-likeness (QED) is 0.772. The Morgan fingerprint density at radius 1 is 1.15 bits per heavy atom. The Kier molecular flexibility index (Phi) is 6.76. The molecule has 1 aromatic carbocycles. The van der Waals surface area contributed by atoms with Gasteiger partial charge < -0.3 is 15.1 Å². The number of anilines is 1. The number of nitrogens with one attached hydrogen (secondary N) is 2. The summed E-state index contributed by atoms with van der Waals surface area (Å²) in [5, 5.41) is 3.28. The van der Waals surface area contributed by atoms with Crippen LogP contribution >= 0.6 is 0 Å². The standard InChI is InChI=1S/C21H29N5O/c1-3-8-19(18-9-5-4-6-10-18)24-20(27)17(2)25-13-15-26(16-14-25)21-22-11-7-12-23-21/h4-7,9-12,17,19H,3,8,13-16H2,1-2H3,(H,24,27)/p+1/t17-,19-/m1/s1. The normalized spacial score (nSPS) is 17.3. The van der Waals surface area contributed by atoms with Crippen molar-refractivity contribution in [2.75, 3.05) is 31.1 Å². The summed E-state index contributed by atoms with van der Waals surface area (Å²) in [5.41, 5.74) is 1.18. The summed E-state index contributed by atoms with van der Waals surface area (Å²) in [4.78, 5) is 25.1. The van der Waals surface area contributed by atoms with Crippen LogP contribution in [0.1, 0.15) is 38.3 Å². The summed E-state index contributed by atoms with van der Waals surface area (Å²) in [6.07, 6.45) is 5.54. The van der Waals surface area contributed by atoms with Crippen LogP contribution in [0.25, 0.3) is 0 Å². The lowest BCUT2D eigenvalue weighted by Crippen LogP contribution is -3.19. The van der Waals surface area contributed by atoms with Crippen molar-refractivity contribution in [1.29, 1.82) is 0 Å². The summed E-state index contributed by atoms with van der Waals surface area (Å²) in [6, 6.07) is 12.1. The van der Waals surface area contributed by atoms with E-state index in [0.717, 1.165) is 45.0 Å². The third-order valence-electron chi connectivity index (χ3n) is 5.34. The molecule has 0 unspecified atom stereocenters. The van der Waals surface area contributed by atoms with Crippen molar-refractivity contribution < 1.29 is 9.69 Å². The minimum absolute atomic E-state index is 0.0630. The van der Waals surface area contributed by atoms with Gasteiger partial charge in [0.2, 0.25) is 5.95 Å². The van der Waals surface area contributed by atoms with Gasteiger partial charge in [-0.25, -0.2) is 9.97 Å². The van der Waals surface area contributed by atoms with Crippen LogP contribution in [-0.4, -0.2) is 48.1 Å². The van der Waals surface area contributed by atoms with Gasteiger partial charge in [0, 0.05) is 12.4 Å². The third-order valence-corrected chi connectivity index (χ3v) is 5.34. The first-order valence-corrected chi connectivity index (χ1v) is 9.91. The largest absolute Gasteiger partial charge is 0.344 e. The molecule has 2 N–H and O–H groups in total. The van der Waals surface area contributed by atoms with Crippen LogP contribution in [0.3, 0.4) is 0 Å². The molecular formula is C21H30N5O+. The van der Waals surface area contributed by atoms with Crippen molar-refractivity contribution in [3.8, 4) is 0 Å². The zero-order valence-corrected chi connectivity index (χ0v) is 16.3. The zero-order valence-electron chi connectivity index (χ0n) is 16.3. The summed E-state index contributed by atoms with van der Waals surface area (Å²) in [7, 11) is 0. The van der Waals surface area contributed by atoms with Gasteiger partial charge in [-0.3, -0.25) is 4.79 Å². The highest BCUT2D eigenvalue weighted by Crippen LogP contribution is 2.18. The number of quaternary nitrogens is 1. The molecule has 2 atom stereocenters.